The lowest BCUT2D eigenvalue weighted by Gasteiger charge is -2.06. The molecule has 0 aliphatic heterocycles. The zero-order valence-electron chi connectivity index (χ0n) is 13.5. The first-order chi connectivity index (χ1) is 12.4. The van der Waals surface area contributed by atoms with Crippen molar-refractivity contribution in [3.8, 4) is 17.2 Å². The highest BCUT2D eigenvalue weighted by Gasteiger charge is 2.17. The fourth-order valence-corrected chi connectivity index (χ4v) is 2.09. The molecule has 136 valence electrons. The third-order valence-electron chi connectivity index (χ3n) is 3.10. The highest BCUT2D eigenvalue weighted by atomic mass is 35.5. The maximum Gasteiger partial charge on any atom is 0.312 e. The van der Waals surface area contributed by atoms with E-state index >= 15 is 0 Å². The number of halogens is 1. The Labute approximate surface area is 153 Å². The van der Waals surface area contributed by atoms with Gasteiger partial charge in [-0.05, 0) is 30.3 Å². The van der Waals surface area contributed by atoms with Crippen molar-refractivity contribution >= 4 is 29.4 Å². The topological polar surface area (TPSA) is 123 Å². The van der Waals surface area contributed by atoms with E-state index in [1.807, 2.05) is 0 Å². The molecule has 9 nitrogen and oxygen atoms in total. The first kappa shape index (κ1) is 19.0. The number of ether oxygens (including phenoxy) is 2. The van der Waals surface area contributed by atoms with Crippen molar-refractivity contribution in [2.45, 2.75) is 0 Å². The van der Waals surface area contributed by atoms with Gasteiger partial charge in [0.25, 0.3) is 5.91 Å². The molecular formula is C16H14ClN3O6. The highest BCUT2D eigenvalue weighted by molar-refractivity contribution is 6.31. The van der Waals surface area contributed by atoms with Crippen LogP contribution < -0.4 is 14.9 Å². The maximum atomic E-state index is 11.7. The van der Waals surface area contributed by atoms with Gasteiger partial charge in [0.1, 0.15) is 11.5 Å². The van der Waals surface area contributed by atoms with Crippen molar-refractivity contribution in [3.63, 3.8) is 0 Å². The van der Waals surface area contributed by atoms with E-state index in [2.05, 4.69) is 10.5 Å². The number of nitro benzene ring substituents is 1. The van der Waals surface area contributed by atoms with Gasteiger partial charge < -0.3 is 14.6 Å². The molecule has 0 atom stereocenters. The molecule has 26 heavy (non-hydrogen) atoms. The first-order valence-electron chi connectivity index (χ1n) is 7.16. The molecule has 2 aromatic rings. The minimum absolute atomic E-state index is 0.0134. The van der Waals surface area contributed by atoms with Crippen molar-refractivity contribution in [2.75, 3.05) is 13.7 Å². The van der Waals surface area contributed by atoms with E-state index < -0.39 is 22.3 Å². The summed E-state index contributed by atoms with van der Waals surface area (Å²) >= 11 is 5.75. The van der Waals surface area contributed by atoms with E-state index in [-0.39, 0.29) is 17.2 Å². The van der Waals surface area contributed by atoms with Gasteiger partial charge in [0.2, 0.25) is 5.75 Å². The van der Waals surface area contributed by atoms with Gasteiger partial charge in [-0.25, -0.2) is 5.43 Å². The number of phenolic OH excluding ortho intramolecular Hbond substituents is 1. The van der Waals surface area contributed by atoms with Gasteiger partial charge in [0.05, 0.1) is 18.2 Å². The monoisotopic (exact) mass is 379 g/mol. The molecule has 0 bridgehead atoms. The fraction of sp³-hybridized carbons (Fsp3) is 0.125. The molecule has 0 fully saturated rings. The van der Waals surface area contributed by atoms with Crippen LogP contribution >= 0.6 is 11.6 Å². The summed E-state index contributed by atoms with van der Waals surface area (Å²) in [4.78, 5) is 21.7. The van der Waals surface area contributed by atoms with Gasteiger partial charge in [0.15, 0.2) is 6.61 Å². The zero-order chi connectivity index (χ0) is 19.1. The van der Waals surface area contributed by atoms with Crippen LogP contribution in [0.2, 0.25) is 5.02 Å². The predicted octanol–water partition coefficient (Wildman–Crippen LogP) is 2.49. The Kier molecular flexibility index (Phi) is 6.34. The van der Waals surface area contributed by atoms with Gasteiger partial charge in [-0.3, -0.25) is 14.9 Å². The number of methoxy groups -OCH3 is 1. The van der Waals surface area contributed by atoms with Crippen molar-refractivity contribution in [3.05, 3.63) is 57.1 Å². The number of rotatable bonds is 7. The van der Waals surface area contributed by atoms with E-state index in [0.29, 0.717) is 11.5 Å². The lowest BCUT2D eigenvalue weighted by atomic mass is 10.2. The first-order valence-corrected chi connectivity index (χ1v) is 7.54. The number of amides is 1. The van der Waals surface area contributed by atoms with Crippen molar-refractivity contribution in [2.24, 2.45) is 5.10 Å². The summed E-state index contributed by atoms with van der Waals surface area (Å²) in [7, 11) is 1.54. The lowest BCUT2D eigenvalue weighted by Crippen LogP contribution is -2.24. The van der Waals surface area contributed by atoms with Crippen LogP contribution in [0.4, 0.5) is 5.69 Å². The van der Waals surface area contributed by atoms with Crippen molar-refractivity contribution in [1.82, 2.24) is 5.43 Å². The third-order valence-corrected chi connectivity index (χ3v) is 3.32. The lowest BCUT2D eigenvalue weighted by molar-refractivity contribution is -0.385. The molecule has 0 unspecified atom stereocenters. The average Bonchev–Trinajstić information content (AvgIpc) is 2.62. The van der Waals surface area contributed by atoms with Gasteiger partial charge in [-0.15, -0.1) is 0 Å². The SMILES string of the molecule is COc1ccc(OCC(=O)N/N=C\c2cc(Cl)cc([N+](=O)[O-])c2O)cc1. The molecule has 2 N–H and O–H groups in total. The minimum Gasteiger partial charge on any atom is -0.502 e. The minimum atomic E-state index is -0.778. The van der Waals surface area contributed by atoms with E-state index in [0.717, 1.165) is 12.3 Å². The Hall–Kier alpha value is -3.33. The molecule has 2 rings (SSSR count). The van der Waals surface area contributed by atoms with E-state index in [9.17, 15) is 20.0 Å². The summed E-state index contributed by atoms with van der Waals surface area (Å²) in [5.74, 6) is -0.0465. The zero-order valence-corrected chi connectivity index (χ0v) is 14.3. The molecule has 0 radical (unpaired) electrons. The number of benzene rings is 2. The van der Waals surface area contributed by atoms with Crippen LogP contribution in [0.1, 0.15) is 5.56 Å². The van der Waals surface area contributed by atoms with E-state index in [1.165, 1.54) is 13.2 Å². The number of phenols is 1. The Bertz CT molecular complexity index is 839. The summed E-state index contributed by atoms with van der Waals surface area (Å²) in [6.07, 6.45) is 1.04. The van der Waals surface area contributed by atoms with Gasteiger partial charge >= 0.3 is 5.69 Å². The predicted molar refractivity (Wildman–Crippen MR) is 94.0 cm³/mol. The molecule has 0 spiro atoms. The number of hydrogen-bond acceptors (Lipinski definition) is 7. The largest absolute Gasteiger partial charge is 0.502 e. The van der Waals surface area contributed by atoms with Crippen LogP contribution in [0, 0.1) is 10.1 Å². The fourth-order valence-electron chi connectivity index (χ4n) is 1.87. The number of carbonyl (C=O) groups excluding carboxylic acids is 1. The second-order valence-electron chi connectivity index (χ2n) is 4.88. The average molecular weight is 380 g/mol. The molecule has 10 heteroatoms. The standard InChI is InChI=1S/C16H14ClN3O6/c1-25-12-2-4-13(5-3-12)26-9-15(21)19-18-8-10-6-11(17)7-14(16(10)22)20(23)24/h2-8,22H,9H2,1H3,(H,19,21)/b18-8-. The van der Waals surface area contributed by atoms with Crippen molar-refractivity contribution < 1.29 is 24.3 Å². The van der Waals surface area contributed by atoms with Crippen LogP contribution in [0.3, 0.4) is 0 Å². The molecule has 0 heterocycles. The van der Waals surface area contributed by atoms with Gasteiger partial charge in [0, 0.05) is 16.7 Å². The Morgan fingerprint density at radius 2 is 2.00 bits per heavy atom. The summed E-state index contributed by atoms with van der Waals surface area (Å²) < 4.78 is 10.3. The number of hydrogen-bond donors (Lipinski definition) is 2. The second-order valence-corrected chi connectivity index (χ2v) is 5.31. The maximum absolute atomic E-state index is 11.7. The molecule has 0 aromatic heterocycles. The number of hydrazone groups is 1. The Morgan fingerprint density at radius 3 is 2.62 bits per heavy atom. The van der Waals surface area contributed by atoms with Crippen LogP contribution in [0.15, 0.2) is 41.5 Å². The van der Waals surface area contributed by atoms with Gasteiger partial charge in [-0.1, -0.05) is 11.6 Å². The molecule has 0 aliphatic carbocycles. The second kappa shape index (κ2) is 8.67. The van der Waals surface area contributed by atoms with E-state index in [4.69, 9.17) is 21.1 Å². The summed E-state index contributed by atoms with van der Waals surface area (Å²) in [5, 5.41) is 24.3. The molecule has 1 amide bonds. The van der Waals surface area contributed by atoms with Crippen LogP contribution in [0.5, 0.6) is 17.2 Å². The summed E-state index contributed by atoms with van der Waals surface area (Å²) in [6, 6.07) is 8.92. The van der Waals surface area contributed by atoms with Gasteiger partial charge in [-0.2, -0.15) is 5.10 Å². The molecule has 0 saturated heterocycles. The smallest absolute Gasteiger partial charge is 0.312 e. The quantitative estimate of drug-likeness (QED) is 0.432. The molecule has 0 saturated carbocycles. The summed E-state index contributed by atoms with van der Waals surface area (Å²) in [5.41, 5.74) is 1.60. The van der Waals surface area contributed by atoms with Crippen LogP contribution in [0.25, 0.3) is 0 Å². The Morgan fingerprint density at radius 1 is 1.35 bits per heavy atom. The van der Waals surface area contributed by atoms with Crippen LogP contribution in [-0.2, 0) is 4.79 Å². The molecule has 0 aliphatic rings. The summed E-state index contributed by atoms with van der Waals surface area (Å²) in [6.45, 7) is -0.300. The van der Waals surface area contributed by atoms with E-state index in [1.54, 1.807) is 24.3 Å². The molecular weight excluding hydrogens is 366 g/mol. The number of aromatic hydroxyl groups is 1. The third kappa shape index (κ3) is 5.08. The van der Waals surface area contributed by atoms with Crippen molar-refractivity contribution in [1.29, 1.82) is 0 Å². The normalized spacial score (nSPS) is 10.5. The van der Waals surface area contributed by atoms with Crippen LogP contribution in [-0.4, -0.2) is 35.9 Å². The number of nitro groups is 1. The molecule has 2 aromatic carbocycles. The number of carbonyl (C=O) groups is 1. The number of nitrogens with one attached hydrogen (secondary N) is 1. The Balaban J connectivity index is 1.93. The number of nitrogens with zero attached hydrogens (tertiary/aromatic N) is 2. The highest BCUT2D eigenvalue weighted by Crippen LogP contribution is 2.32.